The molecule has 0 aliphatic heterocycles. The first kappa shape index (κ1) is 11.9. The van der Waals surface area contributed by atoms with Gasteiger partial charge in [-0.2, -0.15) is 0 Å². The summed E-state index contributed by atoms with van der Waals surface area (Å²) in [6, 6.07) is 2.37. The largest absolute Gasteiger partial charge is 0.361 e. The van der Waals surface area contributed by atoms with Crippen LogP contribution < -0.4 is 5.32 Å². The van der Waals surface area contributed by atoms with Crippen molar-refractivity contribution in [2.24, 2.45) is 0 Å². The molecule has 0 aliphatic rings. The van der Waals surface area contributed by atoms with Crippen LogP contribution in [0.25, 0.3) is 0 Å². The smallest absolute Gasteiger partial charge is 0.133 e. The van der Waals surface area contributed by atoms with Gasteiger partial charge in [-0.15, -0.1) is 0 Å². The number of rotatable bonds is 5. The van der Waals surface area contributed by atoms with E-state index in [0.717, 1.165) is 18.0 Å². The lowest BCUT2D eigenvalue weighted by molar-refractivity contribution is 0.387. The Bertz CT molecular complexity index is 472. The molecule has 0 saturated carbocycles. The minimum Gasteiger partial charge on any atom is -0.361 e. The highest BCUT2D eigenvalue weighted by Gasteiger charge is 2.05. The molecule has 2 rings (SSSR count). The molecule has 0 aromatic carbocycles. The molecule has 2 heterocycles. The SMILES string of the molecule is Cc1cc(CNCc2cncn2C(C)C)no1. The summed E-state index contributed by atoms with van der Waals surface area (Å²) in [7, 11) is 0. The molecule has 2 aromatic heterocycles. The maximum atomic E-state index is 5.01. The standard InChI is InChI=1S/C12H18N4O/c1-9(2)16-8-14-7-12(16)6-13-5-11-4-10(3)17-15-11/h4,7-9,13H,5-6H2,1-3H3. The van der Waals surface area contributed by atoms with Crippen LogP contribution in [0.5, 0.6) is 0 Å². The Morgan fingerprint density at radius 1 is 1.41 bits per heavy atom. The third-order valence-corrected chi connectivity index (χ3v) is 2.59. The lowest BCUT2D eigenvalue weighted by Gasteiger charge is -2.11. The van der Waals surface area contributed by atoms with Gasteiger partial charge >= 0.3 is 0 Å². The Morgan fingerprint density at radius 2 is 2.24 bits per heavy atom. The molecule has 5 heteroatoms. The van der Waals surface area contributed by atoms with Crippen molar-refractivity contribution in [2.45, 2.75) is 39.9 Å². The van der Waals surface area contributed by atoms with Crippen LogP contribution in [0.15, 0.2) is 23.1 Å². The molecular weight excluding hydrogens is 216 g/mol. The van der Waals surface area contributed by atoms with Gasteiger partial charge in [0, 0.05) is 31.4 Å². The minimum atomic E-state index is 0.434. The number of aryl methyl sites for hydroxylation is 1. The highest BCUT2D eigenvalue weighted by molar-refractivity contribution is 5.04. The zero-order valence-corrected chi connectivity index (χ0v) is 10.5. The normalized spacial score (nSPS) is 11.3. The maximum Gasteiger partial charge on any atom is 0.133 e. The second kappa shape index (κ2) is 5.14. The van der Waals surface area contributed by atoms with Gasteiger partial charge in [0.05, 0.1) is 17.7 Å². The summed E-state index contributed by atoms with van der Waals surface area (Å²) in [5, 5.41) is 7.26. The topological polar surface area (TPSA) is 55.9 Å². The number of hydrogen-bond donors (Lipinski definition) is 1. The van der Waals surface area contributed by atoms with Gasteiger partial charge in [0.15, 0.2) is 0 Å². The summed E-state index contributed by atoms with van der Waals surface area (Å²) >= 11 is 0. The number of nitrogens with one attached hydrogen (secondary N) is 1. The lowest BCUT2D eigenvalue weighted by atomic mass is 10.3. The Balaban J connectivity index is 1.88. The third kappa shape index (κ3) is 2.94. The van der Waals surface area contributed by atoms with Crippen LogP contribution in [0.2, 0.25) is 0 Å². The number of hydrogen-bond acceptors (Lipinski definition) is 4. The van der Waals surface area contributed by atoms with Gasteiger partial charge in [0.25, 0.3) is 0 Å². The fourth-order valence-electron chi connectivity index (χ4n) is 1.75. The van der Waals surface area contributed by atoms with Crippen LogP contribution in [0.1, 0.15) is 37.0 Å². The summed E-state index contributed by atoms with van der Waals surface area (Å²) < 4.78 is 7.16. The number of aromatic nitrogens is 3. The van der Waals surface area contributed by atoms with Crippen molar-refractivity contribution in [3.63, 3.8) is 0 Å². The van der Waals surface area contributed by atoms with E-state index in [4.69, 9.17) is 4.52 Å². The highest BCUT2D eigenvalue weighted by Crippen LogP contribution is 2.08. The number of imidazole rings is 1. The van der Waals surface area contributed by atoms with E-state index >= 15 is 0 Å². The summed E-state index contributed by atoms with van der Waals surface area (Å²) in [6.45, 7) is 7.67. The molecule has 5 nitrogen and oxygen atoms in total. The van der Waals surface area contributed by atoms with Crippen molar-refractivity contribution in [1.29, 1.82) is 0 Å². The van der Waals surface area contributed by atoms with E-state index in [1.54, 1.807) is 0 Å². The quantitative estimate of drug-likeness (QED) is 0.860. The van der Waals surface area contributed by atoms with Crippen molar-refractivity contribution >= 4 is 0 Å². The van der Waals surface area contributed by atoms with Gasteiger partial charge in [0.1, 0.15) is 5.76 Å². The Morgan fingerprint density at radius 3 is 2.88 bits per heavy atom. The van der Waals surface area contributed by atoms with Crippen LogP contribution in [0.3, 0.4) is 0 Å². The first-order valence-corrected chi connectivity index (χ1v) is 5.80. The van der Waals surface area contributed by atoms with E-state index in [1.807, 2.05) is 25.5 Å². The molecule has 0 amide bonds. The van der Waals surface area contributed by atoms with E-state index in [1.165, 1.54) is 5.69 Å². The van der Waals surface area contributed by atoms with Crippen LogP contribution in [0, 0.1) is 6.92 Å². The minimum absolute atomic E-state index is 0.434. The first-order valence-electron chi connectivity index (χ1n) is 5.80. The lowest BCUT2D eigenvalue weighted by Crippen LogP contribution is -2.16. The molecule has 0 atom stereocenters. The van der Waals surface area contributed by atoms with Gasteiger partial charge in [0.2, 0.25) is 0 Å². The fourth-order valence-corrected chi connectivity index (χ4v) is 1.75. The van der Waals surface area contributed by atoms with E-state index in [2.05, 4.69) is 33.9 Å². The van der Waals surface area contributed by atoms with Crippen LogP contribution in [-0.4, -0.2) is 14.7 Å². The Kier molecular flexibility index (Phi) is 3.58. The van der Waals surface area contributed by atoms with E-state index < -0.39 is 0 Å². The van der Waals surface area contributed by atoms with Gasteiger partial charge in [-0.1, -0.05) is 5.16 Å². The molecule has 0 spiro atoms. The highest BCUT2D eigenvalue weighted by atomic mass is 16.5. The maximum absolute atomic E-state index is 5.01. The molecule has 0 unspecified atom stereocenters. The summed E-state index contributed by atoms with van der Waals surface area (Å²) in [5.74, 6) is 0.842. The molecule has 0 bridgehead atoms. The molecular formula is C12H18N4O. The Labute approximate surface area is 101 Å². The van der Waals surface area contributed by atoms with E-state index in [0.29, 0.717) is 12.6 Å². The molecule has 92 valence electrons. The zero-order valence-electron chi connectivity index (χ0n) is 10.5. The second-order valence-electron chi connectivity index (χ2n) is 4.42. The molecule has 2 aromatic rings. The molecule has 0 fully saturated rings. The van der Waals surface area contributed by atoms with Crippen LogP contribution in [0.4, 0.5) is 0 Å². The number of nitrogens with zero attached hydrogens (tertiary/aromatic N) is 3. The van der Waals surface area contributed by atoms with Crippen molar-refractivity contribution in [2.75, 3.05) is 0 Å². The van der Waals surface area contributed by atoms with Crippen LogP contribution >= 0.6 is 0 Å². The van der Waals surface area contributed by atoms with Crippen molar-refractivity contribution in [3.05, 3.63) is 35.7 Å². The average Bonchev–Trinajstić information content (AvgIpc) is 2.87. The van der Waals surface area contributed by atoms with Crippen molar-refractivity contribution in [1.82, 2.24) is 20.0 Å². The Hall–Kier alpha value is -1.62. The summed E-state index contributed by atoms with van der Waals surface area (Å²) in [4.78, 5) is 4.16. The molecule has 0 saturated heterocycles. The van der Waals surface area contributed by atoms with Crippen molar-refractivity contribution < 1.29 is 4.52 Å². The summed E-state index contributed by atoms with van der Waals surface area (Å²) in [5.41, 5.74) is 2.11. The average molecular weight is 234 g/mol. The summed E-state index contributed by atoms with van der Waals surface area (Å²) in [6.07, 6.45) is 3.75. The van der Waals surface area contributed by atoms with Gasteiger partial charge in [-0.3, -0.25) is 0 Å². The van der Waals surface area contributed by atoms with Gasteiger partial charge in [-0.05, 0) is 20.8 Å². The molecule has 0 aliphatic carbocycles. The predicted octanol–water partition coefficient (Wildman–Crippen LogP) is 2.05. The predicted molar refractivity (Wildman–Crippen MR) is 64.4 cm³/mol. The fraction of sp³-hybridized carbons (Fsp3) is 0.500. The second-order valence-corrected chi connectivity index (χ2v) is 4.42. The van der Waals surface area contributed by atoms with Gasteiger partial charge < -0.3 is 14.4 Å². The van der Waals surface area contributed by atoms with E-state index in [9.17, 15) is 0 Å². The van der Waals surface area contributed by atoms with Crippen molar-refractivity contribution in [3.8, 4) is 0 Å². The third-order valence-electron chi connectivity index (χ3n) is 2.59. The zero-order chi connectivity index (χ0) is 12.3. The molecule has 17 heavy (non-hydrogen) atoms. The van der Waals surface area contributed by atoms with E-state index in [-0.39, 0.29) is 0 Å². The van der Waals surface area contributed by atoms with Gasteiger partial charge in [-0.25, -0.2) is 4.98 Å². The van der Waals surface area contributed by atoms with Crippen LogP contribution in [-0.2, 0) is 13.1 Å². The first-order chi connectivity index (χ1) is 8.16. The molecule has 0 radical (unpaired) electrons. The molecule has 1 N–H and O–H groups in total. The monoisotopic (exact) mass is 234 g/mol.